The molecule has 2 amide bonds. The van der Waals surface area contributed by atoms with E-state index in [4.69, 9.17) is 0 Å². The standard InChI is InChI=1S/C28H24F3N3O5S/c1-2-3-15-40(37,38)34-27(36)22-9-4-5-10-25(22)33-26(35)20-12-14-24-19(16-20)11-13-23(32-24)18-7-6-8-21(17-18)39-28(29,30)31/h4-14,16-17H,2-3,15H2,1H3,(H,33,35)(H,34,36). The number of benzene rings is 3. The third-order valence-electron chi connectivity index (χ3n) is 5.75. The molecule has 4 aromatic rings. The largest absolute Gasteiger partial charge is 0.573 e. The van der Waals surface area contributed by atoms with Crippen LogP contribution >= 0.6 is 0 Å². The van der Waals surface area contributed by atoms with E-state index in [1.165, 1.54) is 36.4 Å². The van der Waals surface area contributed by atoms with Gasteiger partial charge in [0, 0.05) is 16.5 Å². The van der Waals surface area contributed by atoms with Crippen LogP contribution in [-0.4, -0.2) is 37.3 Å². The molecule has 0 bridgehead atoms. The third-order valence-corrected chi connectivity index (χ3v) is 7.07. The highest BCUT2D eigenvalue weighted by atomic mass is 32.2. The molecule has 0 aliphatic rings. The van der Waals surface area contributed by atoms with E-state index in [0.717, 1.165) is 0 Å². The Labute approximate surface area is 228 Å². The highest BCUT2D eigenvalue weighted by molar-refractivity contribution is 7.90. The minimum absolute atomic E-state index is 0.0141. The smallest absolute Gasteiger partial charge is 0.406 e. The Morgan fingerprint density at radius 3 is 2.45 bits per heavy atom. The van der Waals surface area contributed by atoms with E-state index in [2.05, 4.69) is 15.0 Å². The van der Waals surface area contributed by atoms with Crippen LogP contribution in [0.3, 0.4) is 0 Å². The molecule has 12 heteroatoms. The third kappa shape index (κ3) is 7.35. The summed E-state index contributed by atoms with van der Waals surface area (Å²) in [6.45, 7) is 1.83. The summed E-state index contributed by atoms with van der Waals surface area (Å²) in [5.41, 5.74) is 1.68. The molecule has 1 heterocycles. The van der Waals surface area contributed by atoms with Crippen LogP contribution in [0.4, 0.5) is 18.9 Å². The van der Waals surface area contributed by atoms with Gasteiger partial charge < -0.3 is 10.1 Å². The molecule has 3 aromatic carbocycles. The molecule has 208 valence electrons. The topological polar surface area (TPSA) is 114 Å². The van der Waals surface area contributed by atoms with Crippen molar-refractivity contribution in [2.24, 2.45) is 0 Å². The van der Waals surface area contributed by atoms with Gasteiger partial charge in [0.05, 0.1) is 28.2 Å². The lowest BCUT2D eigenvalue weighted by atomic mass is 10.1. The number of aromatic nitrogens is 1. The number of unbranched alkanes of at least 4 members (excludes halogenated alkanes) is 1. The van der Waals surface area contributed by atoms with Crippen LogP contribution in [0.2, 0.25) is 0 Å². The van der Waals surface area contributed by atoms with Gasteiger partial charge in [0.1, 0.15) is 5.75 Å². The van der Waals surface area contributed by atoms with Gasteiger partial charge in [0.15, 0.2) is 0 Å². The van der Waals surface area contributed by atoms with Crippen molar-refractivity contribution in [1.82, 2.24) is 9.71 Å². The average Bonchev–Trinajstić information content (AvgIpc) is 2.90. The number of para-hydroxylation sites is 1. The van der Waals surface area contributed by atoms with E-state index in [1.54, 1.807) is 42.5 Å². The van der Waals surface area contributed by atoms with Crippen molar-refractivity contribution in [2.45, 2.75) is 26.1 Å². The molecular formula is C28H24F3N3O5S. The Hall–Kier alpha value is -4.45. The normalized spacial score (nSPS) is 11.7. The summed E-state index contributed by atoms with van der Waals surface area (Å²) < 4.78 is 68.1. The number of hydrogen-bond donors (Lipinski definition) is 2. The number of nitrogens with one attached hydrogen (secondary N) is 2. The van der Waals surface area contributed by atoms with Crippen LogP contribution in [0.25, 0.3) is 22.2 Å². The summed E-state index contributed by atoms with van der Waals surface area (Å²) in [6, 6.07) is 19.4. The van der Waals surface area contributed by atoms with Crippen LogP contribution in [-0.2, 0) is 10.0 Å². The lowest BCUT2D eigenvalue weighted by molar-refractivity contribution is -0.274. The number of alkyl halides is 3. The number of carbonyl (C=O) groups excluding carboxylic acids is 2. The maximum absolute atomic E-state index is 13.0. The quantitative estimate of drug-likeness (QED) is 0.258. The first-order chi connectivity index (χ1) is 18.9. The number of halogens is 3. The molecule has 0 radical (unpaired) electrons. The molecule has 1 aromatic heterocycles. The van der Waals surface area contributed by atoms with Crippen molar-refractivity contribution >= 4 is 38.4 Å². The highest BCUT2D eigenvalue weighted by Crippen LogP contribution is 2.28. The zero-order chi connectivity index (χ0) is 28.9. The minimum atomic E-state index is -4.82. The van der Waals surface area contributed by atoms with E-state index < -0.39 is 28.2 Å². The molecule has 2 N–H and O–H groups in total. The van der Waals surface area contributed by atoms with Crippen LogP contribution in [0.15, 0.2) is 78.9 Å². The van der Waals surface area contributed by atoms with Gasteiger partial charge >= 0.3 is 6.36 Å². The van der Waals surface area contributed by atoms with Crippen molar-refractivity contribution < 1.29 is 35.9 Å². The molecule has 40 heavy (non-hydrogen) atoms. The van der Waals surface area contributed by atoms with Crippen molar-refractivity contribution in [2.75, 3.05) is 11.1 Å². The number of fused-ring (bicyclic) bond motifs is 1. The van der Waals surface area contributed by atoms with E-state index in [-0.39, 0.29) is 28.3 Å². The Morgan fingerprint density at radius 1 is 0.925 bits per heavy atom. The molecule has 8 nitrogen and oxygen atoms in total. The molecule has 0 aliphatic heterocycles. The number of ether oxygens (including phenoxy) is 1. The number of hydrogen-bond acceptors (Lipinski definition) is 6. The van der Waals surface area contributed by atoms with Gasteiger partial charge in [-0.1, -0.05) is 43.7 Å². The monoisotopic (exact) mass is 571 g/mol. The van der Waals surface area contributed by atoms with Crippen molar-refractivity contribution in [3.63, 3.8) is 0 Å². The first-order valence-corrected chi connectivity index (χ1v) is 13.8. The van der Waals surface area contributed by atoms with E-state index in [0.29, 0.717) is 35.0 Å². The first-order valence-electron chi connectivity index (χ1n) is 12.2. The second-order valence-corrected chi connectivity index (χ2v) is 10.6. The number of pyridine rings is 1. The molecule has 0 saturated heterocycles. The summed E-state index contributed by atoms with van der Waals surface area (Å²) in [6.07, 6.45) is -3.77. The van der Waals surface area contributed by atoms with Gasteiger partial charge in [-0.3, -0.25) is 9.59 Å². The number of amides is 2. The van der Waals surface area contributed by atoms with E-state index in [1.807, 2.05) is 11.6 Å². The maximum Gasteiger partial charge on any atom is 0.573 e. The van der Waals surface area contributed by atoms with Crippen LogP contribution < -0.4 is 14.8 Å². The molecule has 0 saturated carbocycles. The fraction of sp³-hybridized carbons (Fsp3) is 0.179. The highest BCUT2D eigenvalue weighted by Gasteiger charge is 2.31. The van der Waals surface area contributed by atoms with Gasteiger partial charge in [-0.25, -0.2) is 18.1 Å². The fourth-order valence-electron chi connectivity index (χ4n) is 3.85. The number of carbonyl (C=O) groups is 2. The Morgan fingerprint density at radius 2 is 1.70 bits per heavy atom. The average molecular weight is 572 g/mol. The lowest BCUT2D eigenvalue weighted by Gasteiger charge is -2.12. The van der Waals surface area contributed by atoms with Crippen LogP contribution in [0.5, 0.6) is 5.75 Å². The molecule has 0 unspecified atom stereocenters. The summed E-state index contributed by atoms with van der Waals surface area (Å²) in [5.74, 6) is -1.96. The molecule has 4 rings (SSSR count). The molecule has 0 aliphatic carbocycles. The predicted molar refractivity (Wildman–Crippen MR) is 144 cm³/mol. The Kier molecular flexibility index (Phi) is 8.38. The summed E-state index contributed by atoms with van der Waals surface area (Å²) in [7, 11) is -3.82. The molecule has 0 spiro atoms. The lowest BCUT2D eigenvalue weighted by Crippen LogP contribution is -2.33. The molecule has 0 fully saturated rings. The van der Waals surface area contributed by atoms with Crippen molar-refractivity contribution in [3.8, 4) is 17.0 Å². The molecular weight excluding hydrogens is 547 g/mol. The van der Waals surface area contributed by atoms with E-state index >= 15 is 0 Å². The maximum atomic E-state index is 13.0. The van der Waals surface area contributed by atoms with Crippen molar-refractivity contribution in [1.29, 1.82) is 0 Å². The van der Waals surface area contributed by atoms with Gasteiger partial charge in [-0.15, -0.1) is 13.2 Å². The summed E-state index contributed by atoms with van der Waals surface area (Å²) in [4.78, 5) is 30.2. The predicted octanol–water partition coefficient (Wildman–Crippen LogP) is 5.91. The number of nitrogens with zero attached hydrogens (tertiary/aromatic N) is 1. The summed E-state index contributed by atoms with van der Waals surface area (Å²) >= 11 is 0. The minimum Gasteiger partial charge on any atom is -0.406 e. The second-order valence-electron chi connectivity index (χ2n) is 8.78. The van der Waals surface area contributed by atoms with E-state index in [9.17, 15) is 31.2 Å². The van der Waals surface area contributed by atoms with Crippen LogP contribution in [0.1, 0.15) is 40.5 Å². The second kappa shape index (κ2) is 11.7. The SMILES string of the molecule is CCCCS(=O)(=O)NC(=O)c1ccccc1NC(=O)c1ccc2nc(-c3cccc(OC(F)(F)F)c3)ccc2c1. The van der Waals surface area contributed by atoms with Gasteiger partial charge in [-0.2, -0.15) is 0 Å². The number of anilines is 1. The van der Waals surface area contributed by atoms with Gasteiger partial charge in [-0.05, 0) is 55.0 Å². The zero-order valence-electron chi connectivity index (χ0n) is 21.2. The van der Waals surface area contributed by atoms with Gasteiger partial charge in [0.2, 0.25) is 10.0 Å². The first kappa shape index (κ1) is 28.6. The molecule has 0 atom stereocenters. The fourth-order valence-corrected chi connectivity index (χ4v) is 5.01. The van der Waals surface area contributed by atoms with Gasteiger partial charge in [0.25, 0.3) is 11.8 Å². The number of sulfonamides is 1. The number of rotatable bonds is 9. The Bertz CT molecular complexity index is 1670. The van der Waals surface area contributed by atoms with Crippen LogP contribution in [0, 0.1) is 0 Å². The van der Waals surface area contributed by atoms with Crippen molar-refractivity contribution in [3.05, 3.63) is 90.0 Å². The Balaban J connectivity index is 1.53. The zero-order valence-corrected chi connectivity index (χ0v) is 22.0. The summed E-state index contributed by atoms with van der Waals surface area (Å²) in [5, 5.41) is 3.23.